The molecule has 2 aromatic carbocycles. The minimum Gasteiger partial charge on any atom is -0.345 e. The number of nitrogens with one attached hydrogen (secondary N) is 4. The molecule has 1 amide bonds. The average Bonchev–Trinajstić information content (AvgIpc) is 3.28. The fourth-order valence-corrected chi connectivity index (χ4v) is 2.71. The van der Waals surface area contributed by atoms with Crippen molar-refractivity contribution in [3.05, 3.63) is 82.3 Å². The Labute approximate surface area is 141 Å². The Bertz CT molecular complexity index is 1080. The Hall–Kier alpha value is -3.68. The summed E-state index contributed by atoms with van der Waals surface area (Å²) in [5.41, 5.74) is 2.99. The van der Waals surface area contributed by atoms with Crippen molar-refractivity contribution in [1.82, 2.24) is 30.5 Å². The molecule has 0 aliphatic heterocycles. The molecule has 8 heteroatoms. The van der Waals surface area contributed by atoms with E-state index in [2.05, 4.69) is 30.5 Å². The highest BCUT2D eigenvalue weighted by Crippen LogP contribution is 2.24. The van der Waals surface area contributed by atoms with E-state index in [0.717, 1.165) is 22.2 Å². The van der Waals surface area contributed by atoms with Crippen LogP contribution in [0.1, 0.15) is 27.8 Å². The van der Waals surface area contributed by atoms with Crippen molar-refractivity contribution < 1.29 is 4.79 Å². The van der Waals surface area contributed by atoms with Crippen LogP contribution in [0.2, 0.25) is 0 Å². The number of benzene rings is 2. The third-order valence-corrected chi connectivity index (χ3v) is 3.90. The smallest absolute Gasteiger partial charge is 0.341 e. The van der Waals surface area contributed by atoms with E-state index in [-0.39, 0.29) is 5.82 Å². The number of aromatic amines is 3. The molecule has 0 saturated carbocycles. The van der Waals surface area contributed by atoms with E-state index in [1.54, 1.807) is 6.33 Å². The molecular formula is C17H14N6O2. The predicted octanol–water partition coefficient (Wildman–Crippen LogP) is 1.49. The maximum atomic E-state index is 12.4. The Kier molecular flexibility index (Phi) is 3.62. The van der Waals surface area contributed by atoms with Crippen LogP contribution in [0.3, 0.4) is 0 Å². The van der Waals surface area contributed by atoms with Gasteiger partial charge in [0.15, 0.2) is 0 Å². The first kappa shape index (κ1) is 14.9. The fourth-order valence-electron chi connectivity index (χ4n) is 2.71. The second-order valence-electron chi connectivity index (χ2n) is 5.52. The van der Waals surface area contributed by atoms with Gasteiger partial charge in [0, 0.05) is 0 Å². The van der Waals surface area contributed by atoms with Crippen molar-refractivity contribution >= 4 is 16.9 Å². The molecule has 4 aromatic rings. The summed E-state index contributed by atoms with van der Waals surface area (Å²) >= 11 is 0. The van der Waals surface area contributed by atoms with Crippen LogP contribution in [-0.2, 0) is 0 Å². The van der Waals surface area contributed by atoms with Crippen LogP contribution in [0.5, 0.6) is 0 Å². The summed E-state index contributed by atoms with van der Waals surface area (Å²) < 4.78 is 0. The molecule has 0 spiro atoms. The van der Waals surface area contributed by atoms with Gasteiger partial charge in [0.1, 0.15) is 0 Å². The number of H-pyrrole nitrogens is 3. The Morgan fingerprint density at radius 3 is 2.68 bits per heavy atom. The van der Waals surface area contributed by atoms with Crippen LogP contribution >= 0.6 is 0 Å². The highest BCUT2D eigenvalue weighted by molar-refractivity contribution is 5.91. The first-order valence-corrected chi connectivity index (χ1v) is 7.64. The van der Waals surface area contributed by atoms with E-state index >= 15 is 0 Å². The van der Waals surface area contributed by atoms with Crippen LogP contribution in [0.4, 0.5) is 0 Å². The maximum absolute atomic E-state index is 12.4. The van der Waals surface area contributed by atoms with Crippen molar-refractivity contribution in [3.8, 4) is 0 Å². The number of amides is 1. The molecule has 0 aliphatic carbocycles. The second kappa shape index (κ2) is 6.08. The molecule has 1 atom stereocenters. The van der Waals surface area contributed by atoms with Gasteiger partial charge in [-0.15, -0.1) is 5.10 Å². The molecular weight excluding hydrogens is 320 g/mol. The summed E-state index contributed by atoms with van der Waals surface area (Å²) in [7, 11) is 0. The lowest BCUT2D eigenvalue weighted by Crippen LogP contribution is -2.30. The molecule has 0 radical (unpaired) electrons. The lowest BCUT2D eigenvalue weighted by atomic mass is 9.98. The summed E-state index contributed by atoms with van der Waals surface area (Å²) in [4.78, 5) is 33.2. The monoisotopic (exact) mass is 334 g/mol. The van der Waals surface area contributed by atoms with Gasteiger partial charge in [-0.2, -0.15) is 0 Å². The highest BCUT2D eigenvalue weighted by Gasteiger charge is 2.20. The second-order valence-corrected chi connectivity index (χ2v) is 5.52. The van der Waals surface area contributed by atoms with Gasteiger partial charge in [0.2, 0.25) is 5.82 Å². The number of aromatic nitrogens is 5. The number of fused-ring (bicyclic) bond motifs is 1. The number of imidazole rings is 1. The average molecular weight is 334 g/mol. The molecule has 0 fully saturated rings. The first-order valence-electron chi connectivity index (χ1n) is 7.64. The zero-order valence-electron chi connectivity index (χ0n) is 13.0. The Morgan fingerprint density at radius 1 is 1.08 bits per heavy atom. The van der Waals surface area contributed by atoms with Crippen LogP contribution in [0, 0.1) is 0 Å². The number of carbonyl (C=O) groups excluding carboxylic acids is 1. The van der Waals surface area contributed by atoms with Gasteiger partial charge in [-0.1, -0.05) is 36.4 Å². The number of rotatable bonds is 4. The summed E-state index contributed by atoms with van der Waals surface area (Å²) in [5, 5.41) is 8.77. The molecule has 0 saturated heterocycles. The van der Waals surface area contributed by atoms with E-state index in [4.69, 9.17) is 0 Å². The third-order valence-electron chi connectivity index (χ3n) is 3.90. The minimum absolute atomic E-state index is 0.0615. The topological polar surface area (TPSA) is 119 Å². The van der Waals surface area contributed by atoms with Crippen LogP contribution in [0.25, 0.3) is 11.0 Å². The van der Waals surface area contributed by atoms with Gasteiger partial charge < -0.3 is 10.3 Å². The number of hydrogen-bond acceptors (Lipinski definition) is 4. The number of carbonyl (C=O) groups is 1. The zero-order valence-corrected chi connectivity index (χ0v) is 13.0. The van der Waals surface area contributed by atoms with Crippen molar-refractivity contribution in [2.75, 3.05) is 0 Å². The fraction of sp³-hybridized carbons (Fsp3) is 0.0588. The van der Waals surface area contributed by atoms with Gasteiger partial charge in [-0.3, -0.25) is 9.78 Å². The highest BCUT2D eigenvalue weighted by atomic mass is 16.2. The molecule has 0 bridgehead atoms. The van der Waals surface area contributed by atoms with Crippen molar-refractivity contribution in [2.45, 2.75) is 6.04 Å². The molecule has 4 rings (SSSR count). The molecule has 4 N–H and O–H groups in total. The zero-order chi connectivity index (χ0) is 17.2. The van der Waals surface area contributed by atoms with E-state index in [1.165, 1.54) is 0 Å². The Morgan fingerprint density at radius 2 is 1.92 bits per heavy atom. The van der Waals surface area contributed by atoms with Crippen LogP contribution in [-0.4, -0.2) is 31.1 Å². The standard InChI is InChI=1S/C17H14N6O2/c24-16(15-21-17(25)23-22-15)20-14(10-4-2-1-3-5-10)11-6-7-12-13(8-11)19-9-18-12/h1-9,14H,(H,18,19)(H,20,24)(H2,21,22,23,25)/t14-/m1/s1. The summed E-state index contributed by atoms with van der Waals surface area (Å²) in [6.07, 6.45) is 1.62. The van der Waals surface area contributed by atoms with E-state index < -0.39 is 17.6 Å². The number of nitrogens with zero attached hydrogens (tertiary/aromatic N) is 2. The van der Waals surface area contributed by atoms with Gasteiger partial charge in [0.25, 0.3) is 5.91 Å². The molecule has 8 nitrogen and oxygen atoms in total. The van der Waals surface area contributed by atoms with E-state index in [9.17, 15) is 9.59 Å². The molecule has 2 heterocycles. The SMILES string of the molecule is O=C(N[C@H](c1ccccc1)c1ccc2nc[nH]c2c1)c1n[nH]c(=O)[nH]1. The minimum atomic E-state index is -0.528. The molecule has 124 valence electrons. The van der Waals surface area contributed by atoms with E-state index in [1.807, 2.05) is 48.5 Å². The molecule has 25 heavy (non-hydrogen) atoms. The molecule has 2 aromatic heterocycles. The molecule has 0 unspecified atom stereocenters. The third kappa shape index (κ3) is 2.92. The van der Waals surface area contributed by atoms with Crippen molar-refractivity contribution in [3.63, 3.8) is 0 Å². The lowest BCUT2D eigenvalue weighted by Gasteiger charge is -2.19. The van der Waals surface area contributed by atoms with Crippen LogP contribution < -0.4 is 11.0 Å². The number of hydrogen-bond donors (Lipinski definition) is 4. The predicted molar refractivity (Wildman–Crippen MR) is 91.1 cm³/mol. The summed E-state index contributed by atoms with van der Waals surface area (Å²) in [6.45, 7) is 0. The van der Waals surface area contributed by atoms with Gasteiger partial charge >= 0.3 is 5.69 Å². The van der Waals surface area contributed by atoms with Gasteiger partial charge in [-0.25, -0.2) is 14.9 Å². The van der Waals surface area contributed by atoms with E-state index in [0.29, 0.717) is 0 Å². The Balaban J connectivity index is 1.73. The van der Waals surface area contributed by atoms with Crippen molar-refractivity contribution in [2.24, 2.45) is 0 Å². The van der Waals surface area contributed by atoms with Gasteiger partial charge in [0.05, 0.1) is 23.4 Å². The van der Waals surface area contributed by atoms with Gasteiger partial charge in [-0.05, 0) is 23.3 Å². The first-order chi connectivity index (χ1) is 12.2. The van der Waals surface area contributed by atoms with Crippen molar-refractivity contribution in [1.29, 1.82) is 0 Å². The quantitative estimate of drug-likeness (QED) is 0.452. The normalized spacial score (nSPS) is 12.2. The summed E-state index contributed by atoms with van der Waals surface area (Å²) in [6, 6.07) is 14.9. The van der Waals surface area contributed by atoms with Crippen LogP contribution in [0.15, 0.2) is 59.7 Å². The maximum Gasteiger partial charge on any atom is 0.341 e. The largest absolute Gasteiger partial charge is 0.345 e. The summed E-state index contributed by atoms with van der Waals surface area (Å²) in [5.74, 6) is -0.537. The molecule has 0 aliphatic rings. The lowest BCUT2D eigenvalue weighted by molar-refractivity contribution is 0.0933.